The van der Waals surface area contributed by atoms with E-state index in [1.165, 1.54) is 24.0 Å². The number of nitrogens with one attached hydrogen (secondary N) is 2. The number of hydrogen-bond acceptors (Lipinski definition) is 3. The van der Waals surface area contributed by atoms with E-state index < -0.39 is 0 Å². The van der Waals surface area contributed by atoms with Crippen LogP contribution in [0.2, 0.25) is 0 Å². The van der Waals surface area contributed by atoms with Crippen LogP contribution in [0.3, 0.4) is 0 Å². The predicted molar refractivity (Wildman–Crippen MR) is 92.5 cm³/mol. The first-order valence-corrected chi connectivity index (χ1v) is 8.08. The van der Waals surface area contributed by atoms with Crippen molar-refractivity contribution >= 4 is 5.69 Å². The fourth-order valence-electron chi connectivity index (χ4n) is 2.27. The van der Waals surface area contributed by atoms with Crippen molar-refractivity contribution in [3.05, 3.63) is 65.7 Å². The maximum absolute atomic E-state index is 5.78. The molecule has 3 heteroatoms. The van der Waals surface area contributed by atoms with Gasteiger partial charge >= 0.3 is 0 Å². The van der Waals surface area contributed by atoms with E-state index in [2.05, 4.69) is 42.0 Å². The van der Waals surface area contributed by atoms with Crippen LogP contribution in [-0.2, 0) is 17.9 Å². The van der Waals surface area contributed by atoms with Crippen LogP contribution in [0, 0.1) is 0 Å². The Hall–Kier alpha value is -1.84. The molecule has 22 heavy (non-hydrogen) atoms. The molecule has 0 heterocycles. The third-order valence-corrected chi connectivity index (χ3v) is 3.55. The van der Waals surface area contributed by atoms with E-state index in [0.29, 0.717) is 6.61 Å². The molecule has 2 aromatic rings. The lowest BCUT2D eigenvalue weighted by molar-refractivity contribution is 0.116. The summed E-state index contributed by atoms with van der Waals surface area (Å²) in [4.78, 5) is 0. The third kappa shape index (κ3) is 5.88. The maximum atomic E-state index is 5.78. The molecule has 0 spiro atoms. The zero-order valence-corrected chi connectivity index (χ0v) is 13.3. The van der Waals surface area contributed by atoms with Gasteiger partial charge in [-0.1, -0.05) is 62.2 Å². The first kappa shape index (κ1) is 16.5. The minimum absolute atomic E-state index is 0.687. The van der Waals surface area contributed by atoms with Crippen LogP contribution in [0.25, 0.3) is 0 Å². The molecule has 2 N–H and O–H groups in total. The van der Waals surface area contributed by atoms with E-state index in [4.69, 9.17) is 4.74 Å². The van der Waals surface area contributed by atoms with Gasteiger partial charge in [0.15, 0.2) is 0 Å². The Kier molecular flexibility index (Phi) is 7.50. The van der Waals surface area contributed by atoms with Gasteiger partial charge in [-0.2, -0.15) is 0 Å². The number of ether oxygens (including phenoxy) is 1. The van der Waals surface area contributed by atoms with E-state index >= 15 is 0 Å². The van der Waals surface area contributed by atoms with Gasteiger partial charge in [0.2, 0.25) is 0 Å². The topological polar surface area (TPSA) is 33.3 Å². The third-order valence-electron chi connectivity index (χ3n) is 3.55. The van der Waals surface area contributed by atoms with Crippen LogP contribution in [0.4, 0.5) is 5.69 Å². The fourth-order valence-corrected chi connectivity index (χ4v) is 2.27. The van der Waals surface area contributed by atoms with Crippen molar-refractivity contribution in [3.63, 3.8) is 0 Å². The van der Waals surface area contributed by atoms with Gasteiger partial charge in [0.1, 0.15) is 0 Å². The van der Waals surface area contributed by atoms with Gasteiger partial charge in [-0.05, 0) is 29.7 Å². The highest BCUT2D eigenvalue weighted by atomic mass is 16.5. The largest absolute Gasteiger partial charge is 0.377 e. The highest BCUT2D eigenvalue weighted by Gasteiger charge is 2.01. The first-order chi connectivity index (χ1) is 10.9. The van der Waals surface area contributed by atoms with Gasteiger partial charge in [-0.3, -0.25) is 0 Å². The molecule has 0 unspecified atom stereocenters. The molecule has 0 atom stereocenters. The lowest BCUT2D eigenvalue weighted by atomic mass is 10.1. The zero-order valence-electron chi connectivity index (χ0n) is 13.3. The second-order valence-electron chi connectivity index (χ2n) is 5.37. The Morgan fingerprint density at radius 3 is 2.36 bits per heavy atom. The van der Waals surface area contributed by atoms with Gasteiger partial charge in [0.05, 0.1) is 6.61 Å². The molecule has 0 radical (unpaired) electrons. The van der Waals surface area contributed by atoms with Gasteiger partial charge in [-0.15, -0.1) is 0 Å². The summed E-state index contributed by atoms with van der Waals surface area (Å²) in [5.74, 6) is 0. The van der Waals surface area contributed by atoms with E-state index in [9.17, 15) is 0 Å². The normalized spacial score (nSPS) is 10.6. The zero-order chi connectivity index (χ0) is 15.5. The van der Waals surface area contributed by atoms with Crippen molar-refractivity contribution in [2.75, 3.05) is 12.0 Å². The first-order valence-electron chi connectivity index (χ1n) is 8.08. The summed E-state index contributed by atoms with van der Waals surface area (Å²) in [6.45, 7) is 4.51. The minimum Gasteiger partial charge on any atom is -0.377 e. The molecule has 0 saturated carbocycles. The Bertz CT molecular complexity index is 528. The molecule has 0 amide bonds. The second kappa shape index (κ2) is 9.98. The van der Waals surface area contributed by atoms with E-state index in [0.717, 1.165) is 25.3 Å². The van der Waals surface area contributed by atoms with Crippen LogP contribution in [0.1, 0.15) is 37.3 Å². The lowest BCUT2D eigenvalue weighted by Gasteiger charge is -2.12. The maximum Gasteiger partial charge on any atom is 0.0720 e. The van der Waals surface area contributed by atoms with Crippen molar-refractivity contribution < 1.29 is 4.74 Å². The van der Waals surface area contributed by atoms with E-state index in [1.807, 2.05) is 30.3 Å². The summed E-state index contributed by atoms with van der Waals surface area (Å²) in [7, 11) is 0. The van der Waals surface area contributed by atoms with E-state index in [-0.39, 0.29) is 0 Å². The molecule has 2 aromatic carbocycles. The molecular weight excluding hydrogens is 272 g/mol. The van der Waals surface area contributed by atoms with Crippen LogP contribution < -0.4 is 10.9 Å². The number of benzene rings is 2. The SMILES string of the molecule is CCCCCOCc1ccccc1CNNc1ccccc1. The number of rotatable bonds is 10. The van der Waals surface area contributed by atoms with E-state index in [1.54, 1.807) is 0 Å². The van der Waals surface area contributed by atoms with Gasteiger partial charge < -0.3 is 10.2 Å². The molecule has 0 saturated heterocycles. The van der Waals surface area contributed by atoms with Crippen molar-refractivity contribution in [3.8, 4) is 0 Å². The summed E-state index contributed by atoms with van der Waals surface area (Å²) in [6, 6.07) is 18.5. The fraction of sp³-hybridized carbons (Fsp3) is 0.368. The van der Waals surface area contributed by atoms with Crippen LogP contribution in [0.15, 0.2) is 54.6 Å². The molecule has 0 fully saturated rings. The van der Waals surface area contributed by atoms with Crippen molar-refractivity contribution in [1.82, 2.24) is 5.43 Å². The number of hydrogen-bond donors (Lipinski definition) is 2. The molecule has 0 aliphatic carbocycles. The monoisotopic (exact) mass is 298 g/mol. The molecule has 2 rings (SSSR count). The summed E-state index contributed by atoms with van der Waals surface area (Å²) in [6.07, 6.45) is 3.62. The molecule has 3 nitrogen and oxygen atoms in total. The second-order valence-corrected chi connectivity index (χ2v) is 5.37. The van der Waals surface area contributed by atoms with Crippen LogP contribution >= 0.6 is 0 Å². The van der Waals surface area contributed by atoms with Gasteiger partial charge in [-0.25, -0.2) is 5.43 Å². The molecule has 0 aliphatic heterocycles. The Labute approximate surface area is 133 Å². The van der Waals surface area contributed by atoms with Gasteiger partial charge in [0, 0.05) is 18.8 Å². The Morgan fingerprint density at radius 2 is 1.59 bits per heavy atom. The molecule has 0 aliphatic rings. The van der Waals surface area contributed by atoms with Gasteiger partial charge in [0.25, 0.3) is 0 Å². The molecule has 118 valence electrons. The number of anilines is 1. The molecule has 0 aromatic heterocycles. The smallest absolute Gasteiger partial charge is 0.0720 e. The number of unbranched alkanes of at least 4 members (excludes halogenated alkanes) is 2. The number of hydrazine groups is 1. The quantitative estimate of drug-likeness (QED) is 0.500. The predicted octanol–water partition coefficient (Wildman–Crippen LogP) is 4.51. The van der Waals surface area contributed by atoms with Crippen LogP contribution in [-0.4, -0.2) is 6.61 Å². The summed E-state index contributed by atoms with van der Waals surface area (Å²) in [5.41, 5.74) is 10.1. The minimum atomic E-state index is 0.687. The lowest BCUT2D eigenvalue weighted by Crippen LogP contribution is -2.21. The Morgan fingerprint density at radius 1 is 0.864 bits per heavy atom. The van der Waals surface area contributed by atoms with Crippen LogP contribution in [0.5, 0.6) is 0 Å². The standard InChI is InChI=1S/C19H26N2O/c1-2-3-9-14-22-16-18-11-8-7-10-17(18)15-20-21-19-12-5-4-6-13-19/h4-8,10-13,20-21H,2-3,9,14-16H2,1H3. The molecular formula is C19H26N2O. The summed E-state index contributed by atoms with van der Waals surface area (Å²) >= 11 is 0. The highest BCUT2D eigenvalue weighted by molar-refractivity contribution is 5.41. The van der Waals surface area contributed by atoms with Crippen molar-refractivity contribution in [2.24, 2.45) is 0 Å². The van der Waals surface area contributed by atoms with Crippen molar-refractivity contribution in [1.29, 1.82) is 0 Å². The van der Waals surface area contributed by atoms with Crippen molar-refractivity contribution in [2.45, 2.75) is 39.3 Å². The molecule has 0 bridgehead atoms. The average molecular weight is 298 g/mol. The highest BCUT2D eigenvalue weighted by Crippen LogP contribution is 2.11. The summed E-state index contributed by atoms with van der Waals surface area (Å²) in [5, 5.41) is 0. The summed E-state index contributed by atoms with van der Waals surface area (Å²) < 4.78 is 5.78. The number of para-hydroxylation sites is 1. The Balaban J connectivity index is 1.78. The average Bonchev–Trinajstić information content (AvgIpc) is 2.57.